The number of rotatable bonds is 1. The fourth-order valence-electron chi connectivity index (χ4n) is 3.18. The van der Waals surface area contributed by atoms with Crippen LogP contribution in [0.3, 0.4) is 0 Å². The third-order valence-electron chi connectivity index (χ3n) is 4.28. The van der Waals surface area contributed by atoms with E-state index in [1.54, 1.807) is 0 Å². The van der Waals surface area contributed by atoms with Gasteiger partial charge in [-0.2, -0.15) is 0 Å². The number of nitrogens with zero attached hydrogens (tertiary/aromatic N) is 1. The fraction of sp³-hybridized carbons (Fsp3) is 0.929. The molecule has 0 radical (unpaired) electrons. The Morgan fingerprint density at radius 3 is 2.39 bits per heavy atom. The number of halogens is 1. The molecule has 3 nitrogen and oxygen atoms in total. The Hall–Kier alpha value is -0.280. The lowest BCUT2D eigenvalue weighted by Crippen LogP contribution is -2.60. The van der Waals surface area contributed by atoms with Gasteiger partial charge in [0.15, 0.2) is 0 Å². The van der Waals surface area contributed by atoms with Gasteiger partial charge in [0.25, 0.3) is 0 Å². The second-order valence-corrected chi connectivity index (χ2v) is 6.71. The second kappa shape index (κ2) is 5.79. The van der Waals surface area contributed by atoms with Crippen molar-refractivity contribution in [3.05, 3.63) is 0 Å². The van der Waals surface area contributed by atoms with Gasteiger partial charge in [0.1, 0.15) is 0 Å². The van der Waals surface area contributed by atoms with Gasteiger partial charge in [0.2, 0.25) is 5.91 Å². The zero-order chi connectivity index (χ0) is 12.5. The summed E-state index contributed by atoms with van der Waals surface area (Å²) in [5.41, 5.74) is -0.00932. The van der Waals surface area contributed by atoms with Crippen molar-refractivity contribution in [3.8, 4) is 0 Å². The molecule has 0 aromatic carbocycles. The molecule has 0 aromatic rings. The van der Waals surface area contributed by atoms with E-state index in [0.717, 1.165) is 32.5 Å². The molecular formula is C14H27ClN2O. The summed E-state index contributed by atoms with van der Waals surface area (Å²) in [6.45, 7) is 9.46. The lowest BCUT2D eigenvalue weighted by atomic mass is 9.82. The Morgan fingerprint density at radius 2 is 1.83 bits per heavy atom. The van der Waals surface area contributed by atoms with Crippen LogP contribution < -0.4 is 5.32 Å². The molecule has 18 heavy (non-hydrogen) atoms. The summed E-state index contributed by atoms with van der Waals surface area (Å²) in [6, 6.07) is 0. The number of hydrogen-bond acceptors (Lipinski definition) is 2. The quantitative estimate of drug-likeness (QED) is 0.797. The first-order valence-corrected chi connectivity index (χ1v) is 6.97. The maximum absolute atomic E-state index is 12.6. The van der Waals surface area contributed by atoms with Gasteiger partial charge < -0.3 is 10.2 Å². The third kappa shape index (κ3) is 3.39. The Labute approximate surface area is 117 Å². The van der Waals surface area contributed by atoms with Crippen molar-refractivity contribution in [2.75, 3.05) is 19.6 Å². The van der Waals surface area contributed by atoms with Gasteiger partial charge in [0, 0.05) is 13.1 Å². The monoisotopic (exact) mass is 274 g/mol. The lowest BCUT2D eigenvalue weighted by molar-refractivity contribution is -0.141. The zero-order valence-corrected chi connectivity index (χ0v) is 12.7. The predicted octanol–water partition coefficient (Wildman–Crippen LogP) is 2.59. The molecule has 2 rings (SSSR count). The van der Waals surface area contributed by atoms with Gasteiger partial charge in [-0.3, -0.25) is 4.79 Å². The van der Waals surface area contributed by atoms with Crippen LogP contribution in [0.1, 0.15) is 52.9 Å². The summed E-state index contributed by atoms with van der Waals surface area (Å²) in [7, 11) is 0. The number of piperidine rings is 2. The maximum Gasteiger partial charge on any atom is 0.242 e. The van der Waals surface area contributed by atoms with E-state index in [1.807, 2.05) is 0 Å². The standard InChI is InChI=1S/C14H26N2O.ClH/c1-13(2)7-6-10-16(11-13)12(17)14(3)8-4-5-9-15-14;/h15H,4-11H2,1-3H3;1H. The Bertz CT molecular complexity index is 298. The highest BCUT2D eigenvalue weighted by atomic mass is 35.5. The predicted molar refractivity (Wildman–Crippen MR) is 77.1 cm³/mol. The van der Waals surface area contributed by atoms with Crippen LogP contribution in [-0.2, 0) is 4.79 Å². The first-order chi connectivity index (χ1) is 7.93. The van der Waals surface area contributed by atoms with E-state index in [2.05, 4.69) is 31.0 Å². The minimum absolute atomic E-state index is 0. The minimum Gasteiger partial charge on any atom is -0.341 e. The van der Waals surface area contributed by atoms with Crippen LogP contribution in [0.25, 0.3) is 0 Å². The molecule has 1 N–H and O–H groups in total. The Balaban J connectivity index is 0.00000162. The van der Waals surface area contributed by atoms with Gasteiger partial charge in [-0.05, 0) is 51.0 Å². The van der Waals surface area contributed by atoms with Crippen molar-refractivity contribution in [1.29, 1.82) is 0 Å². The molecule has 2 aliphatic rings. The van der Waals surface area contributed by atoms with Crippen molar-refractivity contribution in [2.24, 2.45) is 5.41 Å². The maximum atomic E-state index is 12.6. The van der Waals surface area contributed by atoms with Crippen molar-refractivity contribution >= 4 is 18.3 Å². The van der Waals surface area contributed by atoms with Crippen LogP contribution in [0.4, 0.5) is 0 Å². The van der Waals surface area contributed by atoms with Gasteiger partial charge in [-0.15, -0.1) is 12.4 Å². The van der Waals surface area contributed by atoms with Crippen molar-refractivity contribution in [1.82, 2.24) is 10.2 Å². The molecule has 106 valence electrons. The number of amides is 1. The molecule has 0 aliphatic carbocycles. The van der Waals surface area contributed by atoms with Crippen LogP contribution in [0, 0.1) is 5.41 Å². The molecule has 0 spiro atoms. The third-order valence-corrected chi connectivity index (χ3v) is 4.28. The van der Waals surface area contributed by atoms with Crippen molar-refractivity contribution < 1.29 is 4.79 Å². The zero-order valence-electron chi connectivity index (χ0n) is 11.9. The first-order valence-electron chi connectivity index (χ1n) is 6.97. The number of carbonyl (C=O) groups is 1. The largest absolute Gasteiger partial charge is 0.341 e. The molecule has 2 fully saturated rings. The minimum atomic E-state index is -0.300. The van der Waals surface area contributed by atoms with E-state index in [0.29, 0.717) is 11.3 Å². The number of carbonyl (C=O) groups excluding carboxylic acids is 1. The SMILES string of the molecule is CC1(C)CCCN(C(=O)C2(C)CCCCN2)C1.Cl. The van der Waals surface area contributed by atoms with Crippen molar-refractivity contribution in [2.45, 2.75) is 58.4 Å². The molecule has 4 heteroatoms. The summed E-state index contributed by atoms with van der Waals surface area (Å²) in [5.74, 6) is 0.324. The second-order valence-electron chi connectivity index (χ2n) is 6.71. The Morgan fingerprint density at radius 1 is 1.11 bits per heavy atom. The molecule has 1 atom stereocenters. The highest BCUT2D eigenvalue weighted by molar-refractivity contribution is 5.86. The van der Waals surface area contributed by atoms with Crippen LogP contribution in [0.15, 0.2) is 0 Å². The fourth-order valence-corrected chi connectivity index (χ4v) is 3.18. The van der Waals surface area contributed by atoms with Gasteiger partial charge in [-0.1, -0.05) is 13.8 Å². The summed E-state index contributed by atoms with van der Waals surface area (Å²) < 4.78 is 0. The number of likely N-dealkylation sites (tertiary alicyclic amines) is 1. The summed E-state index contributed by atoms with van der Waals surface area (Å²) in [6.07, 6.45) is 5.75. The molecule has 0 saturated carbocycles. The van der Waals surface area contributed by atoms with E-state index in [9.17, 15) is 4.79 Å². The highest BCUT2D eigenvalue weighted by Crippen LogP contribution is 2.31. The van der Waals surface area contributed by atoms with Gasteiger partial charge >= 0.3 is 0 Å². The average molecular weight is 275 g/mol. The number of nitrogens with one attached hydrogen (secondary N) is 1. The first kappa shape index (κ1) is 15.8. The molecule has 2 saturated heterocycles. The van der Waals surface area contributed by atoms with Crippen LogP contribution in [0.2, 0.25) is 0 Å². The average Bonchev–Trinajstić information content (AvgIpc) is 2.27. The van der Waals surface area contributed by atoms with Crippen molar-refractivity contribution in [3.63, 3.8) is 0 Å². The molecular weight excluding hydrogens is 248 g/mol. The van der Waals surface area contributed by atoms with Crippen LogP contribution in [-0.4, -0.2) is 36.0 Å². The van der Waals surface area contributed by atoms with E-state index in [-0.39, 0.29) is 17.9 Å². The topological polar surface area (TPSA) is 32.3 Å². The van der Waals surface area contributed by atoms with Crippen LogP contribution in [0.5, 0.6) is 0 Å². The molecule has 2 aliphatic heterocycles. The van der Waals surface area contributed by atoms with Gasteiger partial charge in [0.05, 0.1) is 5.54 Å². The van der Waals surface area contributed by atoms with E-state index in [4.69, 9.17) is 0 Å². The van der Waals surface area contributed by atoms with E-state index >= 15 is 0 Å². The molecule has 0 bridgehead atoms. The summed E-state index contributed by atoms with van der Waals surface area (Å²) in [5, 5.41) is 3.43. The Kier molecular flexibility index (Phi) is 5.07. The highest BCUT2D eigenvalue weighted by Gasteiger charge is 2.40. The van der Waals surface area contributed by atoms with E-state index < -0.39 is 0 Å². The summed E-state index contributed by atoms with van der Waals surface area (Å²) in [4.78, 5) is 14.7. The molecule has 1 unspecified atom stereocenters. The molecule has 0 aromatic heterocycles. The smallest absolute Gasteiger partial charge is 0.242 e. The van der Waals surface area contributed by atoms with Gasteiger partial charge in [-0.25, -0.2) is 0 Å². The van der Waals surface area contributed by atoms with E-state index in [1.165, 1.54) is 19.3 Å². The summed E-state index contributed by atoms with van der Waals surface area (Å²) >= 11 is 0. The molecule has 1 amide bonds. The van der Waals surface area contributed by atoms with Crippen LogP contribution >= 0.6 is 12.4 Å². The lowest BCUT2D eigenvalue weighted by Gasteiger charge is -2.43. The number of hydrogen-bond donors (Lipinski definition) is 1. The molecule has 2 heterocycles. The normalized spacial score (nSPS) is 31.6.